The fourth-order valence-corrected chi connectivity index (χ4v) is 3.03. The molecule has 0 spiro atoms. The quantitative estimate of drug-likeness (QED) is 0.902. The highest BCUT2D eigenvalue weighted by Gasteiger charge is 2.30. The van der Waals surface area contributed by atoms with Crippen molar-refractivity contribution >= 4 is 5.91 Å². The maximum atomic E-state index is 12.7. The van der Waals surface area contributed by atoms with Gasteiger partial charge >= 0.3 is 6.18 Å². The zero-order chi connectivity index (χ0) is 18.7. The van der Waals surface area contributed by atoms with Gasteiger partial charge in [-0.05, 0) is 41.8 Å². The van der Waals surface area contributed by atoms with Crippen LogP contribution < -0.4 is 10.2 Å². The Morgan fingerprint density at radius 3 is 2.50 bits per heavy atom. The molecule has 0 fully saturated rings. The summed E-state index contributed by atoms with van der Waals surface area (Å²) in [7, 11) is 0. The highest BCUT2D eigenvalue weighted by Crippen LogP contribution is 2.32. The number of halogens is 3. The standard InChI is InChI=1S/C19H19F3N2O2/c1-13(25)23-24-11-10-14-4-2-3-5-17(14)18(12-24)26-16-8-6-15(7-9-16)19(20,21)22/h2-9,18H,10-12H2,1H3,(H,23,25). The van der Waals surface area contributed by atoms with E-state index in [2.05, 4.69) is 5.43 Å². The first-order valence-corrected chi connectivity index (χ1v) is 8.27. The molecule has 0 saturated carbocycles. The molecule has 1 aliphatic heterocycles. The number of ether oxygens (including phenoxy) is 1. The number of hydrazine groups is 1. The molecule has 1 amide bonds. The molecule has 0 saturated heterocycles. The summed E-state index contributed by atoms with van der Waals surface area (Å²) in [5, 5.41) is 1.77. The van der Waals surface area contributed by atoms with Gasteiger partial charge in [-0.15, -0.1) is 0 Å². The summed E-state index contributed by atoms with van der Waals surface area (Å²) in [5.74, 6) is 0.173. The fraction of sp³-hybridized carbons (Fsp3) is 0.316. The van der Waals surface area contributed by atoms with Crippen molar-refractivity contribution in [3.63, 3.8) is 0 Å². The molecule has 0 radical (unpaired) electrons. The maximum Gasteiger partial charge on any atom is 0.416 e. The minimum atomic E-state index is -4.38. The normalized spacial score (nSPS) is 17.9. The van der Waals surface area contributed by atoms with E-state index in [4.69, 9.17) is 4.74 Å². The number of carbonyl (C=O) groups is 1. The van der Waals surface area contributed by atoms with Gasteiger partial charge in [-0.1, -0.05) is 24.3 Å². The van der Waals surface area contributed by atoms with Crippen LogP contribution in [0.2, 0.25) is 0 Å². The van der Waals surface area contributed by atoms with Crippen molar-refractivity contribution in [3.8, 4) is 5.75 Å². The Balaban J connectivity index is 1.84. The van der Waals surface area contributed by atoms with Crippen LogP contribution in [0.15, 0.2) is 48.5 Å². The SMILES string of the molecule is CC(=O)NN1CCc2ccccc2C(Oc2ccc(C(F)(F)F)cc2)C1. The van der Waals surface area contributed by atoms with Crippen LogP contribution in [0.5, 0.6) is 5.75 Å². The van der Waals surface area contributed by atoms with Gasteiger partial charge in [0.15, 0.2) is 0 Å². The monoisotopic (exact) mass is 364 g/mol. The first kappa shape index (κ1) is 18.3. The topological polar surface area (TPSA) is 41.6 Å². The lowest BCUT2D eigenvalue weighted by molar-refractivity contribution is -0.137. The third-order valence-corrected chi connectivity index (χ3v) is 4.21. The van der Waals surface area contributed by atoms with E-state index in [0.717, 1.165) is 29.7 Å². The summed E-state index contributed by atoms with van der Waals surface area (Å²) in [6.07, 6.45) is -4.05. The van der Waals surface area contributed by atoms with Gasteiger partial charge in [-0.3, -0.25) is 10.2 Å². The molecule has 1 aliphatic rings. The van der Waals surface area contributed by atoms with Crippen LogP contribution in [-0.2, 0) is 17.4 Å². The Morgan fingerprint density at radius 2 is 1.85 bits per heavy atom. The number of amides is 1. The van der Waals surface area contributed by atoms with E-state index in [-0.39, 0.29) is 5.91 Å². The predicted octanol–water partition coefficient (Wildman–Crippen LogP) is 3.73. The summed E-state index contributed by atoms with van der Waals surface area (Å²) >= 11 is 0. The van der Waals surface area contributed by atoms with E-state index in [9.17, 15) is 18.0 Å². The summed E-state index contributed by atoms with van der Waals surface area (Å²) in [4.78, 5) is 11.4. The van der Waals surface area contributed by atoms with Crippen molar-refractivity contribution in [1.29, 1.82) is 0 Å². The highest BCUT2D eigenvalue weighted by atomic mass is 19.4. The molecule has 2 aromatic carbocycles. The molecular formula is C19H19F3N2O2. The third kappa shape index (κ3) is 4.35. The van der Waals surface area contributed by atoms with Crippen molar-refractivity contribution in [3.05, 3.63) is 65.2 Å². The minimum Gasteiger partial charge on any atom is -0.484 e. The minimum absolute atomic E-state index is 0.177. The molecule has 0 aromatic heterocycles. The summed E-state index contributed by atoms with van der Waals surface area (Å²) in [6.45, 7) is 2.46. The molecule has 2 aromatic rings. The first-order chi connectivity index (χ1) is 12.3. The fourth-order valence-electron chi connectivity index (χ4n) is 3.03. The largest absolute Gasteiger partial charge is 0.484 e. The van der Waals surface area contributed by atoms with Crippen LogP contribution in [0, 0.1) is 0 Å². The molecular weight excluding hydrogens is 345 g/mol. The van der Waals surface area contributed by atoms with Gasteiger partial charge in [0.25, 0.3) is 0 Å². The van der Waals surface area contributed by atoms with Crippen molar-refractivity contribution < 1.29 is 22.7 Å². The van der Waals surface area contributed by atoms with Gasteiger partial charge in [-0.2, -0.15) is 13.2 Å². The molecule has 1 unspecified atom stereocenters. The van der Waals surface area contributed by atoms with Crippen LogP contribution in [0.3, 0.4) is 0 Å². The van der Waals surface area contributed by atoms with Gasteiger partial charge in [0.2, 0.25) is 5.91 Å². The lowest BCUT2D eigenvalue weighted by atomic mass is 10.0. The lowest BCUT2D eigenvalue weighted by Gasteiger charge is -2.25. The Bertz CT molecular complexity index is 775. The van der Waals surface area contributed by atoms with Gasteiger partial charge in [0.1, 0.15) is 11.9 Å². The van der Waals surface area contributed by atoms with E-state index in [0.29, 0.717) is 18.8 Å². The van der Waals surface area contributed by atoms with E-state index in [1.165, 1.54) is 19.1 Å². The molecule has 4 nitrogen and oxygen atoms in total. The van der Waals surface area contributed by atoms with E-state index >= 15 is 0 Å². The zero-order valence-electron chi connectivity index (χ0n) is 14.2. The number of carbonyl (C=O) groups excluding carboxylic acids is 1. The van der Waals surface area contributed by atoms with Crippen molar-refractivity contribution in [1.82, 2.24) is 10.4 Å². The number of hydrogen-bond donors (Lipinski definition) is 1. The molecule has 26 heavy (non-hydrogen) atoms. The molecule has 7 heteroatoms. The second-order valence-corrected chi connectivity index (χ2v) is 6.19. The number of fused-ring (bicyclic) bond motifs is 1. The van der Waals surface area contributed by atoms with E-state index in [1.807, 2.05) is 24.3 Å². The van der Waals surface area contributed by atoms with Crippen LogP contribution in [0.25, 0.3) is 0 Å². The van der Waals surface area contributed by atoms with Gasteiger partial charge in [-0.25, -0.2) is 5.01 Å². The van der Waals surface area contributed by atoms with Crippen LogP contribution in [0.1, 0.15) is 29.7 Å². The first-order valence-electron chi connectivity index (χ1n) is 8.27. The summed E-state index contributed by atoms with van der Waals surface area (Å²) in [6, 6.07) is 12.4. The van der Waals surface area contributed by atoms with E-state index < -0.39 is 17.8 Å². The molecule has 1 heterocycles. The number of nitrogens with zero attached hydrogens (tertiary/aromatic N) is 1. The number of hydrogen-bond acceptors (Lipinski definition) is 3. The molecule has 138 valence electrons. The summed E-state index contributed by atoms with van der Waals surface area (Å²) < 4.78 is 44.1. The number of alkyl halides is 3. The third-order valence-electron chi connectivity index (χ3n) is 4.21. The Labute approximate surface area is 149 Å². The molecule has 0 bridgehead atoms. The smallest absolute Gasteiger partial charge is 0.416 e. The van der Waals surface area contributed by atoms with Crippen molar-refractivity contribution in [2.45, 2.75) is 25.6 Å². The maximum absolute atomic E-state index is 12.7. The second kappa shape index (κ2) is 7.37. The number of nitrogens with one attached hydrogen (secondary N) is 1. The average Bonchev–Trinajstić information content (AvgIpc) is 2.74. The van der Waals surface area contributed by atoms with E-state index in [1.54, 1.807) is 5.01 Å². The highest BCUT2D eigenvalue weighted by molar-refractivity contribution is 5.72. The Kier molecular flexibility index (Phi) is 5.18. The summed E-state index contributed by atoms with van der Waals surface area (Å²) in [5.41, 5.74) is 4.12. The number of benzene rings is 2. The van der Waals surface area contributed by atoms with Gasteiger partial charge < -0.3 is 4.74 Å². The van der Waals surface area contributed by atoms with Gasteiger partial charge in [0, 0.05) is 13.5 Å². The molecule has 1 N–H and O–H groups in total. The lowest BCUT2D eigenvalue weighted by Crippen LogP contribution is -2.44. The Morgan fingerprint density at radius 1 is 1.15 bits per heavy atom. The predicted molar refractivity (Wildman–Crippen MR) is 90.3 cm³/mol. The number of rotatable bonds is 3. The van der Waals surface area contributed by atoms with Crippen LogP contribution in [-0.4, -0.2) is 24.0 Å². The second-order valence-electron chi connectivity index (χ2n) is 6.19. The van der Waals surface area contributed by atoms with Gasteiger partial charge in [0.05, 0.1) is 12.1 Å². The Hall–Kier alpha value is -2.54. The molecule has 0 aliphatic carbocycles. The van der Waals surface area contributed by atoms with Crippen molar-refractivity contribution in [2.75, 3.05) is 13.1 Å². The molecule has 1 atom stereocenters. The zero-order valence-corrected chi connectivity index (χ0v) is 14.2. The van der Waals surface area contributed by atoms with Crippen molar-refractivity contribution in [2.24, 2.45) is 0 Å². The van der Waals surface area contributed by atoms with Crippen LogP contribution >= 0.6 is 0 Å². The molecule has 3 rings (SSSR count). The van der Waals surface area contributed by atoms with Crippen LogP contribution in [0.4, 0.5) is 13.2 Å². The average molecular weight is 364 g/mol.